The third-order valence-corrected chi connectivity index (χ3v) is 24.6. The molecule has 0 amide bonds. The van der Waals surface area contributed by atoms with Crippen LogP contribution in [0.2, 0.25) is 0 Å². The molecular formula is C64H112Fe3NpO9P2+2. The minimum atomic E-state index is -1.19. The molecule has 6 saturated carbocycles. The summed E-state index contributed by atoms with van der Waals surface area (Å²) in [6.45, 7) is 11.9. The quantitative estimate of drug-likeness (QED) is 0.144. The molecule has 0 aromatic heterocycles. The maximum Gasteiger partial charge on any atom is 0.164 e. The zero-order valence-electron chi connectivity index (χ0n) is 49.3. The monoisotopic (exact) mass is 1490 g/mol. The summed E-state index contributed by atoms with van der Waals surface area (Å²) in [6.07, 6.45) is 38.9. The average molecular weight is 1490 g/mol. The minimum Gasteiger partial charge on any atom is -0.382 e. The van der Waals surface area contributed by atoms with Gasteiger partial charge in [0.2, 0.25) is 0 Å². The van der Waals surface area contributed by atoms with E-state index in [0.717, 1.165) is 44.7 Å². The van der Waals surface area contributed by atoms with Crippen LogP contribution in [0.4, 0.5) is 0 Å². The molecule has 1 radical (unpaired) electrons. The Kier molecular flexibility index (Phi) is 46.4. The van der Waals surface area contributed by atoms with Crippen LogP contribution in [0, 0.1) is 47.7 Å². The summed E-state index contributed by atoms with van der Waals surface area (Å²) in [7, 11) is 3.46. The summed E-state index contributed by atoms with van der Waals surface area (Å²) >= 11 is 0. The van der Waals surface area contributed by atoms with Crippen LogP contribution in [0.3, 0.4) is 0 Å². The number of benzene rings is 2. The normalized spacial score (nSPS) is 29.5. The Labute approximate surface area is 540 Å². The van der Waals surface area contributed by atoms with Gasteiger partial charge < -0.3 is 42.6 Å². The van der Waals surface area contributed by atoms with Crippen molar-refractivity contribution in [3.05, 3.63) is 60.7 Å². The van der Waals surface area contributed by atoms with E-state index in [2.05, 4.69) is 80.7 Å². The van der Waals surface area contributed by atoms with Crippen molar-refractivity contribution in [2.75, 3.05) is 81.0 Å². The van der Waals surface area contributed by atoms with E-state index in [4.69, 9.17) is 42.6 Å². The number of ether oxygens (including phenoxy) is 9. The second-order valence-corrected chi connectivity index (χ2v) is 30.3. The van der Waals surface area contributed by atoms with Crippen LogP contribution in [0.5, 0.6) is 0 Å². The smallest absolute Gasteiger partial charge is 0.164 e. The van der Waals surface area contributed by atoms with Gasteiger partial charge in [-0.2, -0.15) is 0 Å². The van der Waals surface area contributed by atoms with E-state index in [9.17, 15) is 0 Å². The third kappa shape index (κ3) is 28.0. The zero-order chi connectivity index (χ0) is 52.1. The molecule has 459 valence electrons. The van der Waals surface area contributed by atoms with Gasteiger partial charge in [-0.25, -0.2) is 0 Å². The predicted octanol–water partition coefficient (Wildman–Crippen LogP) is 15.1. The van der Waals surface area contributed by atoms with Gasteiger partial charge in [0.15, 0.2) is 18.9 Å². The summed E-state index contributed by atoms with van der Waals surface area (Å²) in [6, 6.07) is 22.1. The Balaban J connectivity index is 0.000000514. The maximum absolute atomic E-state index is 6.24. The standard InChI is InChI=1S/C19H30O3P.C18H27O3P.C11H20O3.3C5H10.CH4.3Fe.Np/c1-20-14-15-12-13-21-19(22-15)17-10-7-11-18(17)23(2,3)16-8-5-4-6-9-16;1-19-13-14-11-12-20-18(21-14)16-9-6-10-17(16)22(2)15-7-4-3-5-8-15;1-12-8-10-6-7-13-11(14-10)9-4-2-3-5-9;3*1-2-4-5-3-1;;;;;/h4-6,8-9,15,17-19H,7,10-14H2,1-3H3;3-5,7-8,14,16-18H,6,9-13H2,1-2H3;9-11H,2-8H2,1H3;3*1-5H2;1H4;;;;/q+1;;;;;;;;;;/p+1/t15-,17?,18?,19-;14-,16?,17?,18-,22?;10-,11-;;;;;;;;/m000......../s1. The van der Waals surface area contributed by atoms with E-state index >= 15 is 0 Å². The molecule has 9 nitrogen and oxygen atoms in total. The van der Waals surface area contributed by atoms with Gasteiger partial charge in [0, 0.05) is 135 Å². The van der Waals surface area contributed by atoms with E-state index in [1.807, 2.05) is 0 Å². The molecule has 0 spiro atoms. The molecule has 9 aliphatic rings. The van der Waals surface area contributed by atoms with E-state index in [-0.39, 0.29) is 126 Å². The van der Waals surface area contributed by atoms with Crippen molar-refractivity contribution in [1.82, 2.24) is 0 Å². The first-order valence-electron chi connectivity index (χ1n) is 30.4. The molecule has 9 fully saturated rings. The molecule has 11 atom stereocenters. The second-order valence-electron chi connectivity index (χ2n) is 23.4. The Hall–Kier alpha value is 1.51. The number of rotatable bonds is 13. The van der Waals surface area contributed by atoms with Gasteiger partial charge in [-0.15, -0.1) is 0 Å². The summed E-state index contributed by atoms with van der Waals surface area (Å²) in [4.78, 5) is 0. The van der Waals surface area contributed by atoms with Crippen molar-refractivity contribution >= 4 is 25.8 Å². The van der Waals surface area contributed by atoms with Crippen LogP contribution in [-0.4, -0.2) is 129 Å². The van der Waals surface area contributed by atoms with Gasteiger partial charge in [-0.1, -0.05) is 153 Å². The fraction of sp³-hybridized carbons (Fsp3) is 0.812. The molecule has 2 aromatic rings. The number of methoxy groups -OCH3 is 3. The van der Waals surface area contributed by atoms with Crippen molar-refractivity contribution in [3.8, 4) is 0 Å². The van der Waals surface area contributed by atoms with Gasteiger partial charge in [0.05, 0.1) is 99.9 Å². The zero-order valence-corrected chi connectivity index (χ0v) is 58.2. The largest absolute Gasteiger partial charge is 0.382 e. The van der Waals surface area contributed by atoms with Gasteiger partial charge >= 0.3 is 0 Å². The van der Waals surface area contributed by atoms with Crippen LogP contribution in [-0.2, 0) is 93.8 Å². The van der Waals surface area contributed by atoms with Crippen LogP contribution in [0.1, 0.15) is 187 Å². The molecule has 3 saturated heterocycles. The molecule has 3 aliphatic heterocycles. The van der Waals surface area contributed by atoms with Crippen LogP contribution in [0.15, 0.2) is 60.7 Å². The van der Waals surface area contributed by atoms with Crippen LogP contribution >= 0.6 is 15.2 Å². The Morgan fingerprint density at radius 3 is 1.24 bits per heavy atom. The van der Waals surface area contributed by atoms with Crippen molar-refractivity contribution < 1.29 is 124 Å². The number of hydrogen-bond acceptors (Lipinski definition) is 9. The van der Waals surface area contributed by atoms with Crippen molar-refractivity contribution in [3.63, 3.8) is 0 Å². The van der Waals surface area contributed by atoms with Crippen molar-refractivity contribution in [2.45, 2.75) is 236 Å². The molecule has 5 unspecified atom stereocenters. The topological polar surface area (TPSA) is 83.1 Å². The Morgan fingerprint density at radius 2 is 0.810 bits per heavy atom. The fourth-order valence-corrected chi connectivity index (χ4v) is 19.3. The minimum absolute atomic E-state index is 0. The summed E-state index contributed by atoms with van der Waals surface area (Å²) in [5, 5.41) is 3.06. The third-order valence-electron chi connectivity index (χ3n) is 17.6. The molecule has 0 N–H and O–H groups in total. The first kappa shape index (κ1) is 78.5. The second kappa shape index (κ2) is 46.6. The first-order chi connectivity index (χ1) is 36.3. The van der Waals surface area contributed by atoms with Crippen molar-refractivity contribution in [2.24, 2.45) is 17.8 Å². The molecule has 11 rings (SSSR count). The van der Waals surface area contributed by atoms with Gasteiger partial charge in [-0.3, -0.25) is 0 Å². The van der Waals surface area contributed by atoms with Crippen LogP contribution in [0.25, 0.3) is 0 Å². The SMILES string of the molecule is C.C1CCCC1.C1CCCC1.C1CCCC1.COC[C@@H]1CCO[C@H](C2CCCC2)O1.COC[C@@H]1CCO[C@H](C2CCCC2[P+](C)(C)c2ccccc2)O1.COC[C@@H]1CCO[C@H](C2CCCC2[PH+](C)c2ccccc2)O1.[Fe].[Fe].[Fe].[Np]. The predicted molar refractivity (Wildman–Crippen MR) is 319 cm³/mol. The van der Waals surface area contributed by atoms with Crippen molar-refractivity contribution in [1.29, 1.82) is 0 Å². The average Bonchev–Trinajstić information content (AvgIpc) is 4.36. The van der Waals surface area contributed by atoms with E-state index in [1.54, 1.807) is 21.3 Å². The summed E-state index contributed by atoms with van der Waals surface area (Å²) in [5.74, 6) is 1.71. The first-order valence-corrected chi connectivity index (χ1v) is 35.2. The van der Waals surface area contributed by atoms with Gasteiger partial charge in [0.1, 0.15) is 0 Å². The Morgan fingerprint density at radius 1 is 0.443 bits per heavy atom. The molecule has 0 bridgehead atoms. The molecule has 2 aromatic carbocycles. The van der Waals surface area contributed by atoms with E-state index in [0.29, 0.717) is 43.2 Å². The van der Waals surface area contributed by atoms with E-state index < -0.39 is 15.2 Å². The van der Waals surface area contributed by atoms with Gasteiger partial charge in [0.25, 0.3) is 0 Å². The summed E-state index contributed by atoms with van der Waals surface area (Å²) in [5.41, 5.74) is 1.45. The van der Waals surface area contributed by atoms with Crippen LogP contribution < -0.4 is 10.6 Å². The summed E-state index contributed by atoms with van der Waals surface area (Å²) < 4.78 is 51.7. The molecule has 79 heavy (non-hydrogen) atoms. The Bertz CT molecular complexity index is 1650. The fourth-order valence-electron chi connectivity index (χ4n) is 13.2. The molecule has 3 heterocycles. The molecule has 6 aliphatic carbocycles. The van der Waals surface area contributed by atoms with E-state index in [1.165, 1.54) is 171 Å². The molecule has 15 heteroatoms. The molecular weight excluding hydrogens is 1380 g/mol. The maximum atomic E-state index is 6.24. The number of hydrogen-bond donors (Lipinski definition) is 0. The van der Waals surface area contributed by atoms with Gasteiger partial charge in [-0.05, 0) is 94.9 Å².